The third-order valence-corrected chi connectivity index (χ3v) is 6.19. The Morgan fingerprint density at radius 3 is 2.59 bits per heavy atom. The number of aromatic nitrogens is 2. The summed E-state index contributed by atoms with van der Waals surface area (Å²) in [7, 11) is 0. The van der Waals surface area contributed by atoms with Gasteiger partial charge in [0.1, 0.15) is 11.4 Å². The molecule has 27 heavy (non-hydrogen) atoms. The van der Waals surface area contributed by atoms with Crippen LogP contribution in [0.1, 0.15) is 62.1 Å². The summed E-state index contributed by atoms with van der Waals surface area (Å²) in [4.78, 5) is 0. The van der Waals surface area contributed by atoms with Crippen molar-refractivity contribution in [2.24, 2.45) is 0 Å². The SMILES string of the molecule is Cc1ccc(-c2nnc(N[C@@H]3CCCC[C@@]3(C)O)c3c2CCCC3)c(O)c1. The van der Waals surface area contributed by atoms with Crippen molar-refractivity contribution in [2.45, 2.75) is 76.9 Å². The van der Waals surface area contributed by atoms with Crippen molar-refractivity contribution in [2.75, 3.05) is 5.32 Å². The van der Waals surface area contributed by atoms with Crippen LogP contribution in [0.2, 0.25) is 0 Å². The summed E-state index contributed by atoms with van der Waals surface area (Å²) in [5.74, 6) is 1.07. The van der Waals surface area contributed by atoms with Crippen molar-refractivity contribution in [1.29, 1.82) is 0 Å². The topological polar surface area (TPSA) is 78.3 Å². The molecule has 3 N–H and O–H groups in total. The van der Waals surface area contributed by atoms with Gasteiger partial charge in [0.2, 0.25) is 0 Å². The third kappa shape index (κ3) is 3.53. The maximum absolute atomic E-state index is 10.8. The number of phenols is 1. The number of anilines is 1. The molecular weight excluding hydrogens is 338 g/mol. The van der Waals surface area contributed by atoms with E-state index in [9.17, 15) is 10.2 Å². The highest BCUT2D eigenvalue weighted by Crippen LogP contribution is 2.38. The number of nitrogens with one attached hydrogen (secondary N) is 1. The van der Waals surface area contributed by atoms with E-state index in [2.05, 4.69) is 15.5 Å². The van der Waals surface area contributed by atoms with Crippen molar-refractivity contribution in [3.05, 3.63) is 34.9 Å². The molecule has 0 amide bonds. The molecule has 5 heteroatoms. The molecule has 4 rings (SSSR count). The molecule has 0 bridgehead atoms. The first-order valence-electron chi connectivity index (χ1n) is 10.1. The van der Waals surface area contributed by atoms with Gasteiger partial charge in [0.15, 0.2) is 5.82 Å². The molecule has 0 unspecified atom stereocenters. The Kier molecular flexibility index (Phi) is 4.81. The zero-order valence-electron chi connectivity index (χ0n) is 16.3. The van der Waals surface area contributed by atoms with E-state index < -0.39 is 5.60 Å². The van der Waals surface area contributed by atoms with E-state index in [1.807, 2.05) is 26.0 Å². The fraction of sp³-hybridized carbons (Fsp3) is 0.545. The Morgan fingerprint density at radius 2 is 1.85 bits per heavy atom. The number of aliphatic hydroxyl groups is 1. The van der Waals surface area contributed by atoms with Crippen molar-refractivity contribution < 1.29 is 10.2 Å². The first-order chi connectivity index (χ1) is 13.0. The molecule has 5 nitrogen and oxygen atoms in total. The standard InChI is InChI=1S/C22H29N3O2/c1-14-10-11-17(18(26)13-14)20-15-7-3-4-8-16(15)21(25-24-20)23-19-9-5-6-12-22(19,2)27/h10-11,13,19,26-27H,3-9,12H2,1-2H3,(H,23,25)/t19-,22-/m1/s1. The number of benzene rings is 1. The van der Waals surface area contributed by atoms with Crippen molar-refractivity contribution in [3.63, 3.8) is 0 Å². The van der Waals surface area contributed by atoms with Gasteiger partial charge >= 0.3 is 0 Å². The second-order valence-corrected chi connectivity index (χ2v) is 8.38. The van der Waals surface area contributed by atoms with Gasteiger partial charge in [0.05, 0.1) is 11.6 Å². The van der Waals surface area contributed by atoms with Crippen LogP contribution in [-0.4, -0.2) is 32.1 Å². The number of rotatable bonds is 3. The number of hydrogen-bond acceptors (Lipinski definition) is 5. The van der Waals surface area contributed by atoms with Gasteiger partial charge in [0, 0.05) is 11.1 Å². The summed E-state index contributed by atoms with van der Waals surface area (Å²) < 4.78 is 0. The normalized spacial score (nSPS) is 25.1. The lowest BCUT2D eigenvalue weighted by Gasteiger charge is -2.38. The van der Waals surface area contributed by atoms with Gasteiger partial charge in [-0.05, 0) is 75.6 Å². The van der Waals surface area contributed by atoms with Crippen LogP contribution in [0, 0.1) is 6.92 Å². The fourth-order valence-electron chi connectivity index (χ4n) is 4.53. The summed E-state index contributed by atoms with van der Waals surface area (Å²) in [6, 6.07) is 5.71. The van der Waals surface area contributed by atoms with Crippen LogP contribution in [0.5, 0.6) is 5.75 Å². The molecule has 1 aromatic carbocycles. The summed E-state index contributed by atoms with van der Waals surface area (Å²) >= 11 is 0. The first-order valence-corrected chi connectivity index (χ1v) is 10.1. The minimum Gasteiger partial charge on any atom is -0.507 e. The molecule has 1 heterocycles. The molecule has 144 valence electrons. The quantitative estimate of drug-likeness (QED) is 0.760. The van der Waals surface area contributed by atoms with Crippen LogP contribution in [0.3, 0.4) is 0 Å². The van der Waals surface area contributed by atoms with Crippen LogP contribution in [0.4, 0.5) is 5.82 Å². The Hall–Kier alpha value is -2.14. The van der Waals surface area contributed by atoms with Crippen LogP contribution in [-0.2, 0) is 12.8 Å². The maximum Gasteiger partial charge on any atom is 0.152 e. The number of phenolic OH excluding ortho intramolecular Hbond substituents is 1. The summed E-state index contributed by atoms with van der Waals surface area (Å²) in [6.45, 7) is 3.89. The maximum atomic E-state index is 10.8. The molecule has 1 fully saturated rings. The highest BCUT2D eigenvalue weighted by molar-refractivity contribution is 5.73. The zero-order chi connectivity index (χ0) is 19.0. The summed E-state index contributed by atoms with van der Waals surface area (Å²) in [5.41, 5.74) is 4.25. The molecule has 0 spiro atoms. The Labute approximate surface area is 160 Å². The van der Waals surface area contributed by atoms with E-state index >= 15 is 0 Å². The molecule has 1 saturated carbocycles. The van der Waals surface area contributed by atoms with Crippen LogP contribution in [0.25, 0.3) is 11.3 Å². The first kappa shape index (κ1) is 18.2. The van der Waals surface area contributed by atoms with Crippen LogP contribution >= 0.6 is 0 Å². The fourth-order valence-corrected chi connectivity index (χ4v) is 4.53. The van der Waals surface area contributed by atoms with Crippen molar-refractivity contribution in [3.8, 4) is 17.0 Å². The van der Waals surface area contributed by atoms with Crippen molar-refractivity contribution >= 4 is 5.82 Å². The number of hydrogen-bond donors (Lipinski definition) is 3. The average Bonchev–Trinajstić information content (AvgIpc) is 2.64. The Bertz CT molecular complexity index is 848. The molecule has 2 aliphatic rings. The number of aromatic hydroxyl groups is 1. The van der Waals surface area contributed by atoms with Crippen LogP contribution in [0.15, 0.2) is 18.2 Å². The second kappa shape index (κ2) is 7.12. The van der Waals surface area contributed by atoms with E-state index in [4.69, 9.17) is 0 Å². The molecule has 1 aromatic heterocycles. The second-order valence-electron chi connectivity index (χ2n) is 8.38. The van der Waals surface area contributed by atoms with Gasteiger partial charge < -0.3 is 15.5 Å². The molecule has 0 aliphatic heterocycles. The van der Waals surface area contributed by atoms with Gasteiger partial charge in [-0.2, -0.15) is 0 Å². The Morgan fingerprint density at radius 1 is 1.07 bits per heavy atom. The van der Waals surface area contributed by atoms with Gasteiger partial charge in [-0.1, -0.05) is 18.9 Å². The number of nitrogens with zero attached hydrogens (tertiary/aromatic N) is 2. The van der Waals surface area contributed by atoms with E-state index in [1.165, 1.54) is 11.1 Å². The molecule has 2 atom stereocenters. The molecule has 2 aliphatic carbocycles. The zero-order valence-corrected chi connectivity index (χ0v) is 16.3. The van der Waals surface area contributed by atoms with E-state index in [0.29, 0.717) is 0 Å². The summed E-state index contributed by atoms with van der Waals surface area (Å²) in [6.07, 6.45) is 8.12. The number of fused-ring (bicyclic) bond motifs is 1. The van der Waals surface area contributed by atoms with E-state index in [1.54, 1.807) is 6.07 Å². The average molecular weight is 367 g/mol. The highest BCUT2D eigenvalue weighted by atomic mass is 16.3. The third-order valence-electron chi connectivity index (χ3n) is 6.19. The largest absolute Gasteiger partial charge is 0.507 e. The Balaban J connectivity index is 1.73. The molecule has 0 radical (unpaired) electrons. The van der Waals surface area contributed by atoms with Gasteiger partial charge in [-0.15, -0.1) is 10.2 Å². The lowest BCUT2D eigenvalue weighted by Crippen LogP contribution is -2.47. The minimum atomic E-state index is -0.713. The molecule has 0 saturated heterocycles. The lowest BCUT2D eigenvalue weighted by molar-refractivity contribution is 0.0104. The highest BCUT2D eigenvalue weighted by Gasteiger charge is 2.35. The molecular formula is C22H29N3O2. The lowest BCUT2D eigenvalue weighted by atomic mass is 9.81. The van der Waals surface area contributed by atoms with Gasteiger partial charge in [0.25, 0.3) is 0 Å². The van der Waals surface area contributed by atoms with E-state index in [-0.39, 0.29) is 11.8 Å². The monoisotopic (exact) mass is 367 g/mol. The van der Waals surface area contributed by atoms with E-state index in [0.717, 1.165) is 74.0 Å². The van der Waals surface area contributed by atoms with Crippen LogP contribution < -0.4 is 5.32 Å². The smallest absolute Gasteiger partial charge is 0.152 e. The number of aryl methyl sites for hydroxylation is 1. The summed E-state index contributed by atoms with van der Waals surface area (Å²) in [5, 5.41) is 33.7. The minimum absolute atomic E-state index is 0.00482. The van der Waals surface area contributed by atoms with Gasteiger partial charge in [-0.25, -0.2) is 0 Å². The van der Waals surface area contributed by atoms with Gasteiger partial charge in [-0.3, -0.25) is 0 Å². The predicted octanol–water partition coefficient (Wildman–Crippen LogP) is 4.14. The molecule has 2 aromatic rings. The van der Waals surface area contributed by atoms with Crippen molar-refractivity contribution in [1.82, 2.24) is 10.2 Å². The predicted molar refractivity (Wildman–Crippen MR) is 107 cm³/mol.